The first kappa shape index (κ1) is 7.03. The Labute approximate surface area is 57.0 Å². The van der Waals surface area contributed by atoms with Gasteiger partial charge in [-0.1, -0.05) is 6.92 Å². The zero-order chi connectivity index (χ0) is 6.85. The zero-order valence-electron chi connectivity index (χ0n) is 6.30. The van der Waals surface area contributed by atoms with Crippen molar-refractivity contribution in [2.45, 2.75) is 31.8 Å². The smallest absolute Gasteiger partial charge is 0.0182 e. The Balaban J connectivity index is 2.38. The Morgan fingerprint density at radius 3 is 2.56 bits per heavy atom. The highest BCUT2D eigenvalue weighted by Gasteiger charge is 2.24. The summed E-state index contributed by atoms with van der Waals surface area (Å²) in [7, 11) is 2.15. The van der Waals surface area contributed by atoms with Gasteiger partial charge in [0.05, 0.1) is 0 Å². The highest BCUT2D eigenvalue weighted by atomic mass is 15.2. The van der Waals surface area contributed by atoms with Gasteiger partial charge in [0.15, 0.2) is 0 Å². The van der Waals surface area contributed by atoms with Gasteiger partial charge in [0.25, 0.3) is 0 Å². The van der Waals surface area contributed by atoms with Crippen LogP contribution in [-0.4, -0.2) is 30.6 Å². The first-order chi connectivity index (χ1) is 4.24. The van der Waals surface area contributed by atoms with Gasteiger partial charge in [0.2, 0.25) is 0 Å². The molecule has 2 nitrogen and oxygen atoms in total. The van der Waals surface area contributed by atoms with Crippen LogP contribution in [0.15, 0.2) is 0 Å². The second-order valence-electron chi connectivity index (χ2n) is 3.00. The van der Waals surface area contributed by atoms with Crippen molar-refractivity contribution in [3.8, 4) is 0 Å². The molecule has 0 aliphatic carbocycles. The predicted molar refractivity (Wildman–Crippen MR) is 39.3 cm³/mol. The monoisotopic (exact) mass is 128 g/mol. The summed E-state index contributed by atoms with van der Waals surface area (Å²) >= 11 is 0. The molecule has 54 valence electrons. The molecular weight excluding hydrogens is 112 g/mol. The molecule has 1 heterocycles. The van der Waals surface area contributed by atoms with Crippen LogP contribution in [0.4, 0.5) is 0 Å². The van der Waals surface area contributed by atoms with Crippen LogP contribution >= 0.6 is 0 Å². The molecule has 0 saturated carbocycles. The van der Waals surface area contributed by atoms with Gasteiger partial charge in [-0.15, -0.1) is 0 Å². The van der Waals surface area contributed by atoms with Crippen molar-refractivity contribution in [3.63, 3.8) is 0 Å². The molecule has 1 aliphatic heterocycles. The van der Waals surface area contributed by atoms with Crippen molar-refractivity contribution in [1.29, 1.82) is 0 Å². The third-order valence-corrected chi connectivity index (χ3v) is 2.19. The van der Waals surface area contributed by atoms with Crippen molar-refractivity contribution < 1.29 is 0 Å². The van der Waals surface area contributed by atoms with E-state index in [0.29, 0.717) is 6.04 Å². The molecule has 0 aromatic heterocycles. The number of nitrogens with zero attached hydrogens (tertiary/aromatic N) is 1. The Hall–Kier alpha value is -0.0800. The first-order valence-electron chi connectivity index (χ1n) is 3.70. The second-order valence-corrected chi connectivity index (χ2v) is 3.00. The average molecular weight is 128 g/mol. The van der Waals surface area contributed by atoms with E-state index in [4.69, 9.17) is 5.73 Å². The van der Waals surface area contributed by atoms with Crippen LogP contribution in [0.1, 0.15) is 19.8 Å². The summed E-state index contributed by atoms with van der Waals surface area (Å²) in [5.74, 6) is 0. The van der Waals surface area contributed by atoms with Crippen LogP contribution < -0.4 is 5.73 Å². The molecule has 9 heavy (non-hydrogen) atoms. The summed E-state index contributed by atoms with van der Waals surface area (Å²) in [6.45, 7) is 3.30. The van der Waals surface area contributed by atoms with Crippen LogP contribution in [0, 0.1) is 0 Å². The maximum Gasteiger partial charge on any atom is 0.0182 e. The van der Waals surface area contributed by atoms with Crippen LogP contribution in [0.3, 0.4) is 0 Å². The van der Waals surface area contributed by atoms with Gasteiger partial charge in [-0.2, -0.15) is 0 Å². The molecular formula is C7H16N2. The molecule has 0 bridgehead atoms. The molecule has 1 saturated heterocycles. The molecule has 0 aromatic carbocycles. The van der Waals surface area contributed by atoms with Crippen molar-refractivity contribution >= 4 is 0 Å². The second kappa shape index (κ2) is 2.67. The predicted octanol–water partition coefficient (Wildman–Crippen LogP) is 0.428. The lowest BCUT2D eigenvalue weighted by molar-refractivity contribution is 0.303. The van der Waals surface area contributed by atoms with E-state index < -0.39 is 0 Å². The zero-order valence-corrected chi connectivity index (χ0v) is 6.30. The summed E-state index contributed by atoms with van der Waals surface area (Å²) in [6.07, 6.45) is 2.43. The summed E-state index contributed by atoms with van der Waals surface area (Å²) in [5, 5.41) is 0. The Morgan fingerprint density at radius 1 is 1.67 bits per heavy atom. The minimum absolute atomic E-state index is 0.431. The quantitative estimate of drug-likeness (QED) is 0.555. The van der Waals surface area contributed by atoms with E-state index in [9.17, 15) is 0 Å². The van der Waals surface area contributed by atoms with Gasteiger partial charge in [0, 0.05) is 18.6 Å². The SMILES string of the molecule is CC[C@H]1C[C@@H](N)CN1C. The standard InChI is InChI=1S/C7H16N2/c1-3-7-4-6(8)5-9(7)2/h6-7H,3-5,8H2,1-2H3/t6-,7+/m1/s1. The largest absolute Gasteiger partial charge is 0.326 e. The van der Waals surface area contributed by atoms with Gasteiger partial charge < -0.3 is 10.6 Å². The summed E-state index contributed by atoms with van der Waals surface area (Å²) < 4.78 is 0. The molecule has 0 radical (unpaired) electrons. The van der Waals surface area contributed by atoms with Crippen LogP contribution in [0.5, 0.6) is 0 Å². The van der Waals surface area contributed by atoms with Gasteiger partial charge >= 0.3 is 0 Å². The molecule has 2 N–H and O–H groups in total. The van der Waals surface area contributed by atoms with Gasteiger partial charge in [-0.3, -0.25) is 0 Å². The van der Waals surface area contributed by atoms with Gasteiger partial charge in [-0.25, -0.2) is 0 Å². The topological polar surface area (TPSA) is 29.3 Å². The lowest BCUT2D eigenvalue weighted by atomic mass is 10.1. The maximum absolute atomic E-state index is 5.75. The third-order valence-electron chi connectivity index (χ3n) is 2.19. The molecule has 1 rings (SSSR count). The fourth-order valence-electron chi connectivity index (χ4n) is 1.60. The number of likely N-dealkylation sites (N-methyl/N-ethyl adjacent to an activating group) is 1. The van der Waals surface area contributed by atoms with E-state index in [1.54, 1.807) is 0 Å². The van der Waals surface area contributed by atoms with Crippen molar-refractivity contribution in [1.82, 2.24) is 4.90 Å². The number of nitrogens with two attached hydrogens (primary N) is 1. The normalized spacial score (nSPS) is 37.7. The Kier molecular flexibility index (Phi) is 2.09. The fourth-order valence-corrected chi connectivity index (χ4v) is 1.60. The van der Waals surface area contributed by atoms with E-state index >= 15 is 0 Å². The number of hydrogen-bond acceptors (Lipinski definition) is 2. The number of rotatable bonds is 1. The Bertz CT molecular complexity index is 92.9. The molecule has 1 fully saturated rings. The highest BCUT2D eigenvalue weighted by molar-refractivity contribution is 4.83. The van der Waals surface area contributed by atoms with Crippen molar-refractivity contribution in [2.24, 2.45) is 5.73 Å². The van der Waals surface area contributed by atoms with E-state index in [1.165, 1.54) is 12.8 Å². The summed E-state index contributed by atoms with van der Waals surface area (Å²) in [4.78, 5) is 2.35. The number of likely N-dealkylation sites (tertiary alicyclic amines) is 1. The fraction of sp³-hybridized carbons (Fsp3) is 1.00. The van der Waals surface area contributed by atoms with E-state index in [-0.39, 0.29) is 0 Å². The Morgan fingerprint density at radius 2 is 2.33 bits per heavy atom. The molecule has 2 atom stereocenters. The van der Waals surface area contributed by atoms with Crippen LogP contribution in [0.2, 0.25) is 0 Å². The van der Waals surface area contributed by atoms with Crippen molar-refractivity contribution in [3.05, 3.63) is 0 Å². The first-order valence-corrected chi connectivity index (χ1v) is 3.70. The van der Waals surface area contributed by atoms with Gasteiger partial charge in [-0.05, 0) is 19.9 Å². The average Bonchev–Trinajstić information content (AvgIpc) is 2.10. The molecule has 0 spiro atoms. The van der Waals surface area contributed by atoms with Gasteiger partial charge in [0.1, 0.15) is 0 Å². The maximum atomic E-state index is 5.75. The third kappa shape index (κ3) is 1.43. The van der Waals surface area contributed by atoms with E-state index in [0.717, 1.165) is 12.6 Å². The lowest BCUT2D eigenvalue weighted by Crippen LogP contribution is -2.25. The minimum atomic E-state index is 0.431. The molecule has 0 amide bonds. The molecule has 1 aliphatic rings. The minimum Gasteiger partial charge on any atom is -0.326 e. The van der Waals surface area contributed by atoms with Crippen LogP contribution in [0.25, 0.3) is 0 Å². The summed E-state index contributed by atoms with van der Waals surface area (Å²) in [5.41, 5.74) is 5.75. The van der Waals surface area contributed by atoms with E-state index in [1.807, 2.05) is 0 Å². The highest BCUT2D eigenvalue weighted by Crippen LogP contribution is 2.15. The molecule has 0 unspecified atom stereocenters. The van der Waals surface area contributed by atoms with Crippen LogP contribution in [-0.2, 0) is 0 Å². The molecule has 0 aromatic rings. The number of hydrogen-bond donors (Lipinski definition) is 1. The molecule has 2 heteroatoms. The van der Waals surface area contributed by atoms with Crippen molar-refractivity contribution in [2.75, 3.05) is 13.6 Å². The lowest BCUT2D eigenvalue weighted by Gasteiger charge is -2.15. The summed E-state index contributed by atoms with van der Waals surface area (Å²) in [6, 6.07) is 1.18. The van der Waals surface area contributed by atoms with E-state index in [2.05, 4.69) is 18.9 Å².